The van der Waals surface area contributed by atoms with Crippen LogP contribution in [0.3, 0.4) is 0 Å². The van der Waals surface area contributed by atoms with Crippen LogP contribution in [-0.4, -0.2) is 81.4 Å². The van der Waals surface area contributed by atoms with Crippen LogP contribution in [0, 0.1) is 5.92 Å². The van der Waals surface area contributed by atoms with Gasteiger partial charge in [0.05, 0.1) is 59.0 Å². The zero-order valence-electron chi connectivity index (χ0n) is 39.4. The van der Waals surface area contributed by atoms with E-state index in [2.05, 4.69) is 0 Å². The average Bonchev–Trinajstić information content (AvgIpc) is 3.39. The molecule has 6 aromatic rings. The van der Waals surface area contributed by atoms with Gasteiger partial charge in [-0.2, -0.15) is 0 Å². The van der Waals surface area contributed by atoms with E-state index in [9.17, 15) is 4.79 Å². The summed E-state index contributed by atoms with van der Waals surface area (Å²) in [5.41, 5.74) is 5.95. The second kappa shape index (κ2) is 26.5. The van der Waals surface area contributed by atoms with E-state index in [1.165, 1.54) is 0 Å². The molecule has 11 nitrogen and oxygen atoms in total. The Balaban J connectivity index is 1.11. The summed E-state index contributed by atoms with van der Waals surface area (Å²) < 4.78 is 67.4. The smallest absolute Gasteiger partial charge is 0.186 e. The topological polar surface area (TPSA) is 109 Å². The minimum absolute atomic E-state index is 0.0203. The molecule has 6 aromatic carbocycles. The highest BCUT2D eigenvalue weighted by Crippen LogP contribution is 2.37. The van der Waals surface area contributed by atoms with Gasteiger partial charge in [0, 0.05) is 19.4 Å². The van der Waals surface area contributed by atoms with Crippen molar-refractivity contribution in [1.82, 2.24) is 0 Å². The molecule has 362 valence electrons. The molecule has 10 atom stereocenters. The van der Waals surface area contributed by atoms with E-state index >= 15 is 0 Å². The normalized spacial score (nSPS) is 24.7. The monoisotopic (exact) mass is 936 g/mol. The molecule has 0 aliphatic carbocycles. The third-order valence-electron chi connectivity index (χ3n) is 12.4. The standard InChI is InChI=1S/C58H64O11/c1-42(59)33-49-52(62-35-44-23-11-4-12-24-44)53(63-36-45-25-13-5-14-26-45)50(40-61-34-43-21-9-3-10-22-43)68-57(49)67-41-51-54(64-37-46-27-15-6-16-28-46)55(65-38-47-29-17-7-18-30-47)56(58(60-2)69-51)66-39-48-31-19-8-20-32-48/h3-32,49-58H,33-41H2,1-2H3/t49-,50-,51-,52-,53-,54-,55+,56-,57-,58+/m1/s1. The van der Waals surface area contributed by atoms with Gasteiger partial charge in [-0.3, -0.25) is 0 Å². The minimum Gasteiger partial charge on any atom is -0.374 e. The van der Waals surface area contributed by atoms with Crippen molar-refractivity contribution in [2.75, 3.05) is 20.3 Å². The molecule has 8 rings (SSSR count). The lowest BCUT2D eigenvalue weighted by Gasteiger charge is -2.48. The maximum absolute atomic E-state index is 13.3. The van der Waals surface area contributed by atoms with Gasteiger partial charge in [0.25, 0.3) is 0 Å². The number of hydrogen-bond acceptors (Lipinski definition) is 11. The van der Waals surface area contributed by atoms with Gasteiger partial charge in [-0.1, -0.05) is 182 Å². The highest BCUT2D eigenvalue weighted by Gasteiger charge is 2.52. The maximum atomic E-state index is 13.3. The first-order chi connectivity index (χ1) is 34.0. The second-order valence-corrected chi connectivity index (χ2v) is 17.5. The Morgan fingerprint density at radius 1 is 0.391 bits per heavy atom. The van der Waals surface area contributed by atoms with E-state index in [-0.39, 0.29) is 45.2 Å². The van der Waals surface area contributed by atoms with Crippen LogP contribution in [-0.2, 0) is 91.8 Å². The van der Waals surface area contributed by atoms with Crippen LogP contribution in [0.25, 0.3) is 0 Å². The molecule has 0 unspecified atom stereocenters. The summed E-state index contributed by atoms with van der Waals surface area (Å²) >= 11 is 0. The Labute approximate surface area is 406 Å². The van der Waals surface area contributed by atoms with Crippen molar-refractivity contribution in [2.45, 2.75) is 108 Å². The SMILES string of the molecule is CO[C@H]1O[C@H](CO[C@@H]2O[C@H](COCc3ccccc3)[C@@H](OCc3ccccc3)[C@H](OCc3ccccc3)[C@H]2CC(C)=O)[C@@H](OCc2ccccc2)[C@H](OCc2ccccc2)[C@H]1OCc1ccccc1. The fourth-order valence-electron chi connectivity index (χ4n) is 8.88. The van der Waals surface area contributed by atoms with Crippen LogP contribution in [0.5, 0.6) is 0 Å². The van der Waals surface area contributed by atoms with Crippen molar-refractivity contribution < 1.29 is 52.2 Å². The van der Waals surface area contributed by atoms with Crippen LogP contribution in [0.1, 0.15) is 46.7 Å². The number of ketones is 1. The lowest BCUT2D eigenvalue weighted by Crippen LogP contribution is -2.62. The Hall–Kier alpha value is -5.41. The van der Waals surface area contributed by atoms with Crippen LogP contribution < -0.4 is 0 Å². The molecule has 0 bridgehead atoms. The van der Waals surface area contributed by atoms with Crippen LogP contribution in [0.4, 0.5) is 0 Å². The number of carbonyl (C=O) groups is 1. The summed E-state index contributed by atoms with van der Waals surface area (Å²) in [4.78, 5) is 13.3. The van der Waals surface area contributed by atoms with E-state index in [4.69, 9.17) is 47.4 Å². The molecule has 0 aromatic heterocycles. The molecule has 0 radical (unpaired) electrons. The number of Topliss-reactive ketones (excluding diaryl/α,β-unsaturated/α-hetero) is 1. The van der Waals surface area contributed by atoms with E-state index < -0.39 is 61.2 Å². The minimum atomic E-state index is -0.952. The number of benzene rings is 6. The Morgan fingerprint density at radius 2 is 0.725 bits per heavy atom. The first kappa shape index (κ1) is 50.0. The molecule has 0 N–H and O–H groups in total. The van der Waals surface area contributed by atoms with Crippen molar-refractivity contribution in [3.63, 3.8) is 0 Å². The molecule has 0 spiro atoms. The Morgan fingerprint density at radius 3 is 1.13 bits per heavy atom. The van der Waals surface area contributed by atoms with E-state index in [0.29, 0.717) is 19.8 Å². The van der Waals surface area contributed by atoms with Gasteiger partial charge in [-0.15, -0.1) is 0 Å². The molecule has 11 heteroatoms. The number of hydrogen-bond donors (Lipinski definition) is 0. The summed E-state index contributed by atoms with van der Waals surface area (Å²) in [5, 5.41) is 0. The maximum Gasteiger partial charge on any atom is 0.186 e. The molecule has 0 amide bonds. The fourth-order valence-corrected chi connectivity index (χ4v) is 8.88. The van der Waals surface area contributed by atoms with Gasteiger partial charge in [0.15, 0.2) is 12.6 Å². The predicted molar refractivity (Wildman–Crippen MR) is 260 cm³/mol. The van der Waals surface area contributed by atoms with Crippen molar-refractivity contribution in [3.05, 3.63) is 215 Å². The van der Waals surface area contributed by atoms with Crippen molar-refractivity contribution >= 4 is 5.78 Å². The zero-order chi connectivity index (χ0) is 47.5. The van der Waals surface area contributed by atoms with Crippen molar-refractivity contribution in [3.8, 4) is 0 Å². The summed E-state index contributed by atoms with van der Waals surface area (Å²) in [6, 6.07) is 59.9. The van der Waals surface area contributed by atoms with E-state index in [1.807, 2.05) is 182 Å². The van der Waals surface area contributed by atoms with Gasteiger partial charge in [0.1, 0.15) is 42.4 Å². The molecule has 2 aliphatic heterocycles. The largest absolute Gasteiger partial charge is 0.374 e. The van der Waals surface area contributed by atoms with Crippen molar-refractivity contribution in [1.29, 1.82) is 0 Å². The third-order valence-corrected chi connectivity index (χ3v) is 12.4. The predicted octanol–water partition coefficient (Wildman–Crippen LogP) is 9.84. The van der Waals surface area contributed by atoms with Crippen LogP contribution in [0.15, 0.2) is 182 Å². The van der Waals surface area contributed by atoms with Gasteiger partial charge in [-0.05, 0) is 40.3 Å². The second-order valence-electron chi connectivity index (χ2n) is 17.5. The summed E-state index contributed by atoms with van der Waals surface area (Å²) in [5.74, 6) is -0.633. The van der Waals surface area contributed by atoms with Gasteiger partial charge >= 0.3 is 0 Å². The van der Waals surface area contributed by atoms with Gasteiger partial charge in [-0.25, -0.2) is 0 Å². The third kappa shape index (κ3) is 14.8. The summed E-state index contributed by atoms with van der Waals surface area (Å²) in [6.07, 6.45) is -6.50. The fraction of sp³-hybridized carbons (Fsp3) is 0.362. The van der Waals surface area contributed by atoms with E-state index in [1.54, 1.807) is 14.0 Å². The van der Waals surface area contributed by atoms with Crippen LogP contribution in [0.2, 0.25) is 0 Å². The molecule has 2 heterocycles. The number of rotatable bonds is 25. The highest BCUT2D eigenvalue weighted by molar-refractivity contribution is 5.75. The number of methoxy groups -OCH3 is 1. The molecular formula is C58H64O11. The number of ether oxygens (including phenoxy) is 10. The van der Waals surface area contributed by atoms with E-state index in [0.717, 1.165) is 33.4 Å². The molecule has 69 heavy (non-hydrogen) atoms. The van der Waals surface area contributed by atoms with Crippen molar-refractivity contribution in [2.24, 2.45) is 5.92 Å². The van der Waals surface area contributed by atoms with Crippen LogP contribution >= 0.6 is 0 Å². The first-order valence-corrected chi connectivity index (χ1v) is 23.8. The zero-order valence-corrected chi connectivity index (χ0v) is 39.4. The highest BCUT2D eigenvalue weighted by atomic mass is 16.7. The summed E-state index contributed by atoms with van der Waals surface area (Å²) in [6.45, 7) is 3.49. The van der Waals surface area contributed by atoms with Gasteiger partial charge < -0.3 is 52.2 Å². The quantitative estimate of drug-likeness (QED) is 0.0548. The number of carbonyl (C=O) groups excluding carboxylic acids is 1. The summed E-state index contributed by atoms with van der Waals surface area (Å²) in [7, 11) is 1.60. The lowest BCUT2D eigenvalue weighted by molar-refractivity contribution is -0.341. The average molecular weight is 937 g/mol. The molecule has 2 fully saturated rings. The molecule has 0 saturated carbocycles. The Kier molecular flexibility index (Phi) is 19.2. The lowest BCUT2D eigenvalue weighted by atomic mass is 9.86. The Bertz CT molecular complexity index is 2340. The van der Waals surface area contributed by atoms with Gasteiger partial charge in [0.2, 0.25) is 0 Å². The molecular weight excluding hydrogens is 873 g/mol. The first-order valence-electron chi connectivity index (χ1n) is 23.8. The molecule has 2 aliphatic rings. The molecule has 2 saturated heterocycles.